The Morgan fingerprint density at radius 2 is 1.42 bits per heavy atom. The van der Waals surface area contributed by atoms with E-state index in [0.29, 0.717) is 5.41 Å². The summed E-state index contributed by atoms with van der Waals surface area (Å²) in [5.41, 5.74) is 0.526. The molecule has 0 aromatic carbocycles. The first-order valence-electron chi connectivity index (χ1n) is 8.66. The maximum atomic E-state index is 3.77. The molecule has 2 aliphatic carbocycles. The zero-order valence-corrected chi connectivity index (χ0v) is 13.7. The van der Waals surface area contributed by atoms with Crippen molar-refractivity contribution in [3.05, 3.63) is 0 Å². The molecule has 0 spiro atoms. The van der Waals surface area contributed by atoms with E-state index in [4.69, 9.17) is 0 Å². The predicted molar refractivity (Wildman–Crippen MR) is 84.3 cm³/mol. The van der Waals surface area contributed by atoms with Crippen molar-refractivity contribution in [2.45, 2.75) is 72.6 Å². The lowest BCUT2D eigenvalue weighted by molar-refractivity contribution is 0.148. The van der Waals surface area contributed by atoms with E-state index in [0.717, 1.165) is 23.7 Å². The largest absolute Gasteiger partial charge is 0.316 e. The SMILES string of the molecule is CC1CCC(CNCC2CCC(C(C)(C)C)CC2)C1. The third-order valence-electron chi connectivity index (χ3n) is 5.74. The van der Waals surface area contributed by atoms with Crippen LogP contribution in [0.4, 0.5) is 0 Å². The van der Waals surface area contributed by atoms with E-state index >= 15 is 0 Å². The molecule has 19 heavy (non-hydrogen) atoms. The zero-order valence-electron chi connectivity index (χ0n) is 13.7. The lowest BCUT2D eigenvalue weighted by Crippen LogP contribution is -2.32. The summed E-state index contributed by atoms with van der Waals surface area (Å²) in [6, 6.07) is 0. The molecule has 0 aromatic heterocycles. The van der Waals surface area contributed by atoms with Gasteiger partial charge < -0.3 is 5.32 Å². The highest BCUT2D eigenvalue weighted by Crippen LogP contribution is 2.39. The Kier molecular flexibility index (Phi) is 5.34. The minimum atomic E-state index is 0.526. The van der Waals surface area contributed by atoms with Crippen LogP contribution < -0.4 is 5.32 Å². The van der Waals surface area contributed by atoms with Crippen molar-refractivity contribution < 1.29 is 0 Å². The van der Waals surface area contributed by atoms with Crippen LogP contribution >= 0.6 is 0 Å². The summed E-state index contributed by atoms with van der Waals surface area (Å²) >= 11 is 0. The topological polar surface area (TPSA) is 12.0 Å². The minimum absolute atomic E-state index is 0.526. The van der Waals surface area contributed by atoms with E-state index < -0.39 is 0 Å². The number of rotatable bonds is 4. The van der Waals surface area contributed by atoms with Crippen molar-refractivity contribution in [3.8, 4) is 0 Å². The Bertz CT molecular complexity index is 257. The molecular formula is C18H35N. The fraction of sp³-hybridized carbons (Fsp3) is 1.00. The molecule has 0 bridgehead atoms. The van der Waals surface area contributed by atoms with Gasteiger partial charge in [0.25, 0.3) is 0 Å². The molecule has 0 heterocycles. The Morgan fingerprint density at radius 1 is 0.842 bits per heavy atom. The molecule has 2 unspecified atom stereocenters. The second-order valence-corrected chi connectivity index (χ2v) is 8.53. The molecule has 0 saturated heterocycles. The van der Waals surface area contributed by atoms with Gasteiger partial charge >= 0.3 is 0 Å². The standard InChI is InChI=1S/C18H35N/c1-14-5-6-16(11-14)13-19-12-15-7-9-17(10-8-15)18(2,3)4/h14-17,19H,5-13H2,1-4H3. The van der Waals surface area contributed by atoms with E-state index in [-0.39, 0.29) is 0 Å². The number of hydrogen-bond donors (Lipinski definition) is 1. The van der Waals surface area contributed by atoms with E-state index in [1.807, 2.05) is 0 Å². The zero-order chi connectivity index (χ0) is 13.9. The van der Waals surface area contributed by atoms with Gasteiger partial charge in [-0.3, -0.25) is 0 Å². The van der Waals surface area contributed by atoms with Gasteiger partial charge in [0.2, 0.25) is 0 Å². The van der Waals surface area contributed by atoms with E-state index in [2.05, 4.69) is 33.0 Å². The average Bonchev–Trinajstić information content (AvgIpc) is 2.75. The van der Waals surface area contributed by atoms with Gasteiger partial charge in [0, 0.05) is 0 Å². The molecule has 112 valence electrons. The van der Waals surface area contributed by atoms with Crippen LogP contribution in [-0.2, 0) is 0 Å². The lowest BCUT2D eigenvalue weighted by Gasteiger charge is -2.37. The van der Waals surface area contributed by atoms with Gasteiger partial charge in [0.05, 0.1) is 0 Å². The van der Waals surface area contributed by atoms with Crippen LogP contribution in [0, 0.1) is 29.1 Å². The van der Waals surface area contributed by atoms with Crippen molar-refractivity contribution in [2.75, 3.05) is 13.1 Å². The summed E-state index contributed by atoms with van der Waals surface area (Å²) in [6.07, 6.45) is 10.2. The lowest BCUT2D eigenvalue weighted by atomic mass is 9.70. The average molecular weight is 265 g/mol. The highest BCUT2D eigenvalue weighted by molar-refractivity contribution is 4.82. The predicted octanol–water partition coefficient (Wildman–Crippen LogP) is 4.86. The van der Waals surface area contributed by atoms with Crippen LogP contribution in [-0.4, -0.2) is 13.1 Å². The molecule has 0 aromatic rings. The second-order valence-electron chi connectivity index (χ2n) is 8.53. The molecule has 2 atom stereocenters. The van der Waals surface area contributed by atoms with Crippen LogP contribution in [0.15, 0.2) is 0 Å². The fourth-order valence-electron chi connectivity index (χ4n) is 4.23. The van der Waals surface area contributed by atoms with Crippen molar-refractivity contribution in [1.82, 2.24) is 5.32 Å². The summed E-state index contributed by atoms with van der Waals surface area (Å²) in [5.74, 6) is 3.87. The first-order chi connectivity index (χ1) is 8.95. The summed E-state index contributed by atoms with van der Waals surface area (Å²) in [6.45, 7) is 12.2. The van der Waals surface area contributed by atoms with Crippen LogP contribution in [0.2, 0.25) is 0 Å². The van der Waals surface area contributed by atoms with Crippen LogP contribution in [0.25, 0.3) is 0 Å². The quantitative estimate of drug-likeness (QED) is 0.765. The van der Waals surface area contributed by atoms with Crippen molar-refractivity contribution in [3.63, 3.8) is 0 Å². The summed E-state index contributed by atoms with van der Waals surface area (Å²) in [4.78, 5) is 0. The molecule has 2 saturated carbocycles. The molecule has 2 fully saturated rings. The first kappa shape index (κ1) is 15.4. The number of nitrogens with one attached hydrogen (secondary N) is 1. The van der Waals surface area contributed by atoms with Gasteiger partial charge in [-0.25, -0.2) is 0 Å². The van der Waals surface area contributed by atoms with Crippen LogP contribution in [0.1, 0.15) is 72.6 Å². The van der Waals surface area contributed by atoms with E-state index in [1.54, 1.807) is 0 Å². The van der Waals surface area contributed by atoms with Gasteiger partial charge in [0.15, 0.2) is 0 Å². The second kappa shape index (κ2) is 6.61. The summed E-state index contributed by atoms with van der Waals surface area (Å²) < 4.78 is 0. The normalized spacial score (nSPS) is 36.6. The molecule has 1 heteroatoms. The highest BCUT2D eigenvalue weighted by atomic mass is 14.9. The van der Waals surface area contributed by atoms with Gasteiger partial charge in [-0.05, 0) is 80.7 Å². The van der Waals surface area contributed by atoms with Crippen molar-refractivity contribution in [1.29, 1.82) is 0 Å². The maximum absolute atomic E-state index is 3.77. The Morgan fingerprint density at radius 3 is 1.95 bits per heavy atom. The molecular weight excluding hydrogens is 230 g/mol. The van der Waals surface area contributed by atoms with Crippen molar-refractivity contribution in [2.24, 2.45) is 29.1 Å². The highest BCUT2D eigenvalue weighted by Gasteiger charge is 2.29. The van der Waals surface area contributed by atoms with Crippen molar-refractivity contribution >= 4 is 0 Å². The van der Waals surface area contributed by atoms with Gasteiger partial charge in [-0.15, -0.1) is 0 Å². The van der Waals surface area contributed by atoms with Gasteiger partial charge in [-0.1, -0.05) is 34.1 Å². The smallest absolute Gasteiger partial charge is 0.00203 e. The summed E-state index contributed by atoms with van der Waals surface area (Å²) in [5, 5.41) is 3.77. The molecule has 0 radical (unpaired) electrons. The Hall–Kier alpha value is -0.0400. The molecule has 1 N–H and O–H groups in total. The maximum Gasteiger partial charge on any atom is -0.00203 e. The Balaban J connectivity index is 1.58. The number of hydrogen-bond acceptors (Lipinski definition) is 1. The third kappa shape index (κ3) is 4.77. The Labute approximate surface area is 120 Å². The monoisotopic (exact) mass is 265 g/mol. The minimum Gasteiger partial charge on any atom is -0.316 e. The van der Waals surface area contributed by atoms with E-state index in [1.165, 1.54) is 58.0 Å². The van der Waals surface area contributed by atoms with Gasteiger partial charge in [-0.2, -0.15) is 0 Å². The van der Waals surface area contributed by atoms with Crippen LogP contribution in [0.5, 0.6) is 0 Å². The molecule has 0 amide bonds. The molecule has 0 aliphatic heterocycles. The molecule has 1 nitrogen and oxygen atoms in total. The third-order valence-corrected chi connectivity index (χ3v) is 5.74. The fourth-order valence-corrected chi connectivity index (χ4v) is 4.23. The van der Waals surface area contributed by atoms with Gasteiger partial charge in [0.1, 0.15) is 0 Å². The summed E-state index contributed by atoms with van der Waals surface area (Å²) in [7, 11) is 0. The van der Waals surface area contributed by atoms with E-state index in [9.17, 15) is 0 Å². The molecule has 2 rings (SSSR count). The van der Waals surface area contributed by atoms with Crippen LogP contribution in [0.3, 0.4) is 0 Å². The first-order valence-corrected chi connectivity index (χ1v) is 8.66. The molecule has 2 aliphatic rings.